The summed E-state index contributed by atoms with van der Waals surface area (Å²) in [4.78, 5) is 26.4. The second-order valence-electron chi connectivity index (χ2n) is 5.99. The Hall–Kier alpha value is -3.46. The number of hydrogen-bond acceptors (Lipinski definition) is 4. The fourth-order valence-corrected chi connectivity index (χ4v) is 2.49. The molecule has 0 spiro atoms. The van der Waals surface area contributed by atoms with Crippen LogP contribution >= 0.6 is 0 Å². The number of anilines is 1. The summed E-state index contributed by atoms with van der Waals surface area (Å²) in [6.07, 6.45) is 5.22. The lowest BCUT2D eigenvalue weighted by molar-refractivity contribution is 0.0826. The first-order valence-electron chi connectivity index (χ1n) is 8.26. The number of rotatable bonds is 6. The minimum absolute atomic E-state index is 0.0647. The van der Waals surface area contributed by atoms with Crippen LogP contribution in [-0.2, 0) is 0 Å². The van der Waals surface area contributed by atoms with E-state index in [1.165, 1.54) is 12.0 Å². The van der Waals surface area contributed by atoms with E-state index in [4.69, 9.17) is 15.9 Å². The van der Waals surface area contributed by atoms with Crippen LogP contribution in [0.25, 0.3) is 0 Å². The van der Waals surface area contributed by atoms with Crippen LogP contribution < -0.4 is 14.8 Å². The third-order valence-electron chi connectivity index (χ3n) is 3.96. The molecule has 0 bridgehead atoms. The van der Waals surface area contributed by atoms with Crippen LogP contribution in [0.4, 0.5) is 5.69 Å². The predicted molar refractivity (Wildman–Crippen MR) is 104 cm³/mol. The zero-order valence-electron chi connectivity index (χ0n) is 15.8. The van der Waals surface area contributed by atoms with Gasteiger partial charge in [0.15, 0.2) is 11.5 Å². The van der Waals surface area contributed by atoms with E-state index >= 15 is 0 Å². The van der Waals surface area contributed by atoms with Gasteiger partial charge >= 0.3 is 0 Å². The molecule has 2 rings (SSSR count). The Kier molecular flexibility index (Phi) is 6.45. The van der Waals surface area contributed by atoms with E-state index in [-0.39, 0.29) is 18.4 Å². The van der Waals surface area contributed by atoms with Crippen molar-refractivity contribution in [3.8, 4) is 23.8 Å². The number of carbonyl (C=O) groups is 2. The molecule has 0 aliphatic heterocycles. The third-order valence-corrected chi connectivity index (χ3v) is 3.96. The molecule has 0 aliphatic rings. The van der Waals surface area contributed by atoms with Gasteiger partial charge in [-0.25, -0.2) is 0 Å². The Balaban J connectivity index is 2.29. The Labute approximate surface area is 159 Å². The van der Waals surface area contributed by atoms with Gasteiger partial charge in [0, 0.05) is 30.9 Å². The zero-order chi connectivity index (χ0) is 20.0. The van der Waals surface area contributed by atoms with Gasteiger partial charge in [0.2, 0.25) is 0 Å². The molecule has 0 unspecified atom stereocenters. The molecule has 2 aromatic rings. The number of benzene rings is 2. The van der Waals surface area contributed by atoms with Crippen molar-refractivity contribution in [2.45, 2.75) is 6.92 Å². The first-order valence-corrected chi connectivity index (χ1v) is 8.26. The average molecular weight is 366 g/mol. The predicted octanol–water partition coefficient (Wildman–Crippen LogP) is 2.97. The maximum Gasteiger partial charge on any atom is 0.255 e. The van der Waals surface area contributed by atoms with Crippen molar-refractivity contribution in [2.24, 2.45) is 0 Å². The second kappa shape index (κ2) is 8.77. The number of amides is 2. The molecule has 0 fully saturated rings. The monoisotopic (exact) mass is 366 g/mol. The Morgan fingerprint density at radius 1 is 1.19 bits per heavy atom. The van der Waals surface area contributed by atoms with E-state index < -0.39 is 0 Å². The van der Waals surface area contributed by atoms with Crippen LogP contribution in [0.3, 0.4) is 0 Å². The van der Waals surface area contributed by atoms with Crippen molar-refractivity contribution >= 4 is 17.5 Å². The molecule has 6 heteroatoms. The summed E-state index contributed by atoms with van der Waals surface area (Å²) in [5, 5.41) is 2.84. The molecule has 0 saturated carbocycles. The van der Waals surface area contributed by atoms with Crippen molar-refractivity contribution in [2.75, 3.05) is 33.1 Å². The van der Waals surface area contributed by atoms with Gasteiger partial charge < -0.3 is 19.7 Å². The van der Waals surface area contributed by atoms with Gasteiger partial charge in [-0.2, -0.15) is 0 Å². The Morgan fingerprint density at radius 3 is 2.56 bits per heavy atom. The van der Waals surface area contributed by atoms with Gasteiger partial charge in [-0.1, -0.05) is 12.0 Å². The summed E-state index contributed by atoms with van der Waals surface area (Å²) >= 11 is 0. The maximum absolute atomic E-state index is 12.7. The summed E-state index contributed by atoms with van der Waals surface area (Å²) in [5.41, 5.74) is 2.17. The van der Waals surface area contributed by atoms with Crippen LogP contribution in [0.15, 0.2) is 36.4 Å². The summed E-state index contributed by atoms with van der Waals surface area (Å²) < 4.78 is 10.6. The van der Waals surface area contributed by atoms with E-state index in [1.54, 1.807) is 57.4 Å². The summed E-state index contributed by atoms with van der Waals surface area (Å²) in [6.45, 7) is 1.86. The number of methoxy groups -OCH3 is 1. The quantitative estimate of drug-likeness (QED) is 0.798. The average Bonchev–Trinajstić information content (AvgIpc) is 2.67. The minimum atomic E-state index is -0.333. The normalized spacial score (nSPS) is 9.89. The fourth-order valence-electron chi connectivity index (χ4n) is 2.49. The van der Waals surface area contributed by atoms with Crippen LogP contribution in [-0.4, -0.2) is 44.5 Å². The van der Waals surface area contributed by atoms with Crippen molar-refractivity contribution in [1.82, 2.24) is 4.90 Å². The van der Waals surface area contributed by atoms with Crippen molar-refractivity contribution in [1.29, 1.82) is 0 Å². The number of nitrogens with one attached hydrogen (secondary N) is 1. The smallest absolute Gasteiger partial charge is 0.255 e. The van der Waals surface area contributed by atoms with Gasteiger partial charge in [0.05, 0.1) is 7.11 Å². The van der Waals surface area contributed by atoms with Crippen LogP contribution in [0.5, 0.6) is 11.5 Å². The van der Waals surface area contributed by atoms with E-state index in [9.17, 15) is 9.59 Å². The molecular formula is C21H22N2O4. The van der Waals surface area contributed by atoms with Crippen LogP contribution in [0.1, 0.15) is 26.3 Å². The molecule has 0 saturated heterocycles. The van der Waals surface area contributed by atoms with Crippen molar-refractivity contribution in [3.63, 3.8) is 0 Å². The van der Waals surface area contributed by atoms with Gasteiger partial charge in [0.25, 0.3) is 11.8 Å². The highest BCUT2D eigenvalue weighted by Gasteiger charge is 2.16. The molecule has 2 amide bonds. The molecule has 0 aliphatic carbocycles. The van der Waals surface area contributed by atoms with E-state index in [1.807, 2.05) is 0 Å². The van der Waals surface area contributed by atoms with E-state index in [2.05, 4.69) is 11.2 Å². The van der Waals surface area contributed by atoms with Crippen LogP contribution in [0.2, 0.25) is 0 Å². The summed E-state index contributed by atoms with van der Waals surface area (Å²) in [5.74, 6) is 2.78. The number of carbonyl (C=O) groups excluding carboxylic acids is 2. The lowest BCUT2D eigenvalue weighted by Crippen LogP contribution is -2.23. The molecule has 27 heavy (non-hydrogen) atoms. The number of ether oxygens (including phenoxy) is 2. The van der Waals surface area contributed by atoms with Gasteiger partial charge in [0.1, 0.15) is 6.61 Å². The van der Waals surface area contributed by atoms with Gasteiger partial charge in [-0.05, 0) is 42.8 Å². The Morgan fingerprint density at radius 2 is 1.93 bits per heavy atom. The highest BCUT2D eigenvalue weighted by molar-refractivity contribution is 6.06. The zero-order valence-corrected chi connectivity index (χ0v) is 15.8. The fraction of sp³-hybridized carbons (Fsp3) is 0.238. The highest BCUT2D eigenvalue weighted by Crippen LogP contribution is 2.29. The Bertz CT molecular complexity index is 898. The van der Waals surface area contributed by atoms with E-state index in [0.717, 1.165) is 0 Å². The first-order chi connectivity index (χ1) is 12.9. The van der Waals surface area contributed by atoms with Gasteiger partial charge in [-0.15, -0.1) is 6.42 Å². The molecule has 0 radical (unpaired) electrons. The molecule has 0 aromatic heterocycles. The van der Waals surface area contributed by atoms with Crippen molar-refractivity contribution in [3.05, 3.63) is 53.1 Å². The number of nitrogens with zero attached hydrogens (tertiary/aromatic N) is 1. The molecular weight excluding hydrogens is 344 g/mol. The molecule has 140 valence electrons. The highest BCUT2D eigenvalue weighted by atomic mass is 16.5. The first kappa shape index (κ1) is 19.9. The summed E-state index contributed by atoms with van der Waals surface area (Å²) in [7, 11) is 4.87. The molecule has 0 heterocycles. The molecule has 0 atom stereocenters. The SMILES string of the molecule is C#CCOc1cc(C(=O)Nc2cccc(C(=O)N(C)C)c2C)ccc1OC. The second-order valence-corrected chi connectivity index (χ2v) is 5.99. The maximum atomic E-state index is 12.7. The van der Waals surface area contributed by atoms with Gasteiger partial charge in [-0.3, -0.25) is 9.59 Å². The lowest BCUT2D eigenvalue weighted by atomic mass is 10.1. The van der Waals surface area contributed by atoms with E-state index in [0.29, 0.717) is 33.9 Å². The molecule has 1 N–H and O–H groups in total. The lowest BCUT2D eigenvalue weighted by Gasteiger charge is -2.16. The molecule has 2 aromatic carbocycles. The topological polar surface area (TPSA) is 67.9 Å². The van der Waals surface area contributed by atoms with Crippen molar-refractivity contribution < 1.29 is 19.1 Å². The molecule has 6 nitrogen and oxygen atoms in total. The summed E-state index contributed by atoms with van der Waals surface area (Å²) in [6, 6.07) is 10.0. The third kappa shape index (κ3) is 4.59. The minimum Gasteiger partial charge on any atom is -0.493 e. The van der Waals surface area contributed by atoms with Crippen LogP contribution in [0, 0.1) is 19.3 Å². The number of terminal acetylenes is 1. The standard InChI is InChI=1S/C21H22N2O4/c1-6-12-27-19-13-15(10-11-18(19)26-5)20(24)22-17-9-7-8-16(14(17)2)21(25)23(3)4/h1,7-11,13H,12H2,2-5H3,(H,22,24). The number of hydrogen-bond donors (Lipinski definition) is 1. The largest absolute Gasteiger partial charge is 0.493 e.